The summed E-state index contributed by atoms with van der Waals surface area (Å²) < 4.78 is 20.6. The molecule has 38 heteroatoms. The van der Waals surface area contributed by atoms with Crippen LogP contribution >= 0.6 is 88.5 Å². The highest BCUT2D eigenvalue weighted by Crippen LogP contribution is 2.50. The van der Waals surface area contributed by atoms with Crippen molar-refractivity contribution in [3.8, 4) is 31.7 Å². The molecule has 762 valence electrons. The van der Waals surface area contributed by atoms with Crippen LogP contribution in [-0.2, 0) is 73.5 Å². The first-order valence-corrected chi connectivity index (χ1v) is 52.6. The zero-order chi connectivity index (χ0) is 106. The Balaban J connectivity index is 0.000000135. The number of nitrogen functional groups attached to an aromatic ring is 2. The average molecular weight is 2220 g/mol. The van der Waals surface area contributed by atoms with Crippen molar-refractivity contribution in [1.82, 2.24) is 59.8 Å². The number of fused-ring (bicyclic) bond motifs is 5. The molecular weight excluding hydrogens is 2120 g/mol. The van der Waals surface area contributed by atoms with E-state index in [-0.39, 0.29) is 35.2 Å². The largest absolute Gasteiger partial charge is 0.478 e. The van der Waals surface area contributed by atoms with Gasteiger partial charge in [-0.05, 0) is 373 Å². The third-order valence-corrected chi connectivity index (χ3v) is 30.6. The number of halogens is 2. The van der Waals surface area contributed by atoms with Crippen molar-refractivity contribution in [1.29, 1.82) is 0 Å². The first kappa shape index (κ1) is 109. The van der Waals surface area contributed by atoms with Crippen LogP contribution in [0.5, 0.6) is 0 Å². The number of carboxylic acids is 1. The number of Topliss-reactive ketones (excluding diaryl/α,β-unsaturated/α-hetero) is 1. The Bertz CT molecular complexity index is 7700. The van der Waals surface area contributed by atoms with Gasteiger partial charge in [0.2, 0.25) is 0 Å². The van der Waals surface area contributed by atoms with Gasteiger partial charge in [-0.1, -0.05) is 30.3 Å². The predicted octanol–water partition coefficient (Wildman–Crippen LogP) is 21.6. The van der Waals surface area contributed by atoms with Crippen molar-refractivity contribution in [2.45, 2.75) is 135 Å². The number of carboxylic acid groups (broad SMARTS) is 1. The summed E-state index contributed by atoms with van der Waals surface area (Å²) in [6.45, 7) is 14.0. The van der Waals surface area contributed by atoms with Gasteiger partial charge in [0, 0.05) is 72.3 Å². The minimum absolute atomic E-state index is 0.163. The molecule has 0 spiro atoms. The molecule has 0 saturated carbocycles. The number of aryl methyl sites for hydroxylation is 12. The number of carbonyl (C=O) groups is 6. The summed E-state index contributed by atoms with van der Waals surface area (Å²) in [6, 6.07) is 52.9. The number of ketones is 1. The van der Waals surface area contributed by atoms with E-state index in [0.717, 1.165) is 154 Å². The van der Waals surface area contributed by atoms with Crippen LogP contribution < -0.4 is 22.1 Å². The molecular formula is C111H104Br2N16O15S5. The Morgan fingerprint density at radius 1 is 0.356 bits per heavy atom. The van der Waals surface area contributed by atoms with Gasteiger partial charge < -0.3 is 66.6 Å². The predicted molar refractivity (Wildman–Crippen MR) is 584 cm³/mol. The summed E-state index contributed by atoms with van der Waals surface area (Å²) in [5, 5.41) is 67.3. The van der Waals surface area contributed by atoms with Crippen molar-refractivity contribution < 1.29 is 73.2 Å². The summed E-state index contributed by atoms with van der Waals surface area (Å²) in [7, 11) is 5.43. The van der Waals surface area contributed by atoms with Crippen molar-refractivity contribution in [3.05, 3.63) is 393 Å². The van der Waals surface area contributed by atoms with E-state index in [4.69, 9.17) is 35.6 Å². The number of hydrogen-bond acceptors (Lipinski definition) is 35. The number of aromatic nitrogens is 12. The summed E-state index contributed by atoms with van der Waals surface area (Å²) in [5.41, 5.74) is 29.2. The molecule has 0 radical (unpaired) electrons. The number of thiazole rings is 5. The fourth-order valence-corrected chi connectivity index (χ4v) is 22.8. The lowest BCUT2D eigenvalue weighted by Gasteiger charge is -2.21. The topological polar surface area (TPSA) is 471 Å². The monoisotopic (exact) mass is 2220 g/mol. The first-order chi connectivity index (χ1) is 71.4. The molecule has 0 unspecified atom stereocenters. The zero-order valence-electron chi connectivity index (χ0n) is 82.8. The summed E-state index contributed by atoms with van der Waals surface area (Å²) in [6.07, 6.45) is 20.0. The molecule has 5 aliphatic rings. The van der Waals surface area contributed by atoms with E-state index in [1.807, 2.05) is 144 Å². The van der Waals surface area contributed by atoms with Crippen molar-refractivity contribution in [2.75, 3.05) is 50.5 Å². The van der Waals surface area contributed by atoms with Crippen molar-refractivity contribution in [2.24, 2.45) is 0 Å². The molecule has 0 aliphatic heterocycles. The number of hydrogen-bond donors (Lipinski definition) is 9. The van der Waals surface area contributed by atoms with Gasteiger partial charge in [-0.3, -0.25) is 9.78 Å². The summed E-state index contributed by atoms with van der Waals surface area (Å²) in [5.74, 6) is 1.57. The van der Waals surface area contributed by atoms with Gasteiger partial charge >= 0.3 is 29.8 Å². The number of aliphatic hydroxyl groups is 4. The van der Waals surface area contributed by atoms with Crippen LogP contribution in [0.1, 0.15) is 203 Å². The molecule has 0 fully saturated rings. The zero-order valence-corrected chi connectivity index (χ0v) is 90.1. The highest BCUT2D eigenvalue weighted by Gasteiger charge is 2.46. The molecule has 22 rings (SSSR count). The fourth-order valence-electron chi connectivity index (χ4n) is 17.6. The third-order valence-electron chi connectivity index (χ3n) is 24.8. The Morgan fingerprint density at radius 3 is 1.07 bits per heavy atom. The normalized spacial score (nSPS) is 16.3. The van der Waals surface area contributed by atoms with Gasteiger partial charge in [0.1, 0.15) is 86.5 Å². The van der Waals surface area contributed by atoms with E-state index < -0.39 is 28.4 Å². The Morgan fingerprint density at radius 2 is 0.718 bits per heavy atom. The lowest BCUT2D eigenvalue weighted by molar-refractivity contribution is 0.0591. The Kier molecular flexibility index (Phi) is 35.0. The average Bonchev–Trinajstić information content (AvgIpc) is 1.61. The quantitative estimate of drug-likeness (QED) is 0.0246. The molecule has 5 aromatic carbocycles. The van der Waals surface area contributed by atoms with Crippen LogP contribution in [0.4, 0.5) is 34.9 Å². The maximum Gasteiger partial charge on any atom is 0.337 e. The molecule has 31 nitrogen and oxygen atoms in total. The van der Waals surface area contributed by atoms with Gasteiger partial charge in [0.25, 0.3) is 0 Å². The number of esters is 4. The third kappa shape index (κ3) is 26.2. The number of ether oxygens (including phenoxy) is 4. The Hall–Kier alpha value is -14.7. The minimum Gasteiger partial charge on any atom is -0.478 e. The van der Waals surface area contributed by atoms with Crippen molar-refractivity contribution in [3.63, 3.8) is 0 Å². The highest BCUT2D eigenvalue weighted by molar-refractivity contribution is 9.10. The van der Waals surface area contributed by atoms with Crippen LogP contribution in [0.15, 0.2) is 251 Å². The van der Waals surface area contributed by atoms with Crippen LogP contribution in [-0.4, -0.2) is 149 Å². The van der Waals surface area contributed by atoms with Gasteiger partial charge in [-0.25, -0.2) is 78.8 Å². The molecule has 17 aromatic rings. The van der Waals surface area contributed by atoms with E-state index in [9.17, 15) is 54.3 Å². The number of nitrogens with one attached hydrogen (secondary N) is 2. The first-order valence-electron chi connectivity index (χ1n) is 46.8. The van der Waals surface area contributed by atoms with Gasteiger partial charge in [0.05, 0.1) is 93.5 Å². The standard InChI is InChI=1S/C26H24N4O3S.C25H22N4O3S.C20H19N3O3S.C14H13NO3S.C11H10O3.C6H7BrN2.C6H6BrN.C3H3NS/c1-15-7-9-27-22(11-15)30-23-12-16(2)10-20(29-23)21-14-28-25(34-21)26(32)8-6-17-13-18(24(31)33-3)4-5-19(17)26;1-14-6-8-26-21(10-14)29-22-11-15(2)9-19(28-22)20-13-27-24(33-20)25(32)7-5-16-12-17(23(30)31)3-4-18(16)25;1-11-7-15(23-17(21)8-11)16-10-22-19(27-16)20(25)6-5-12-9-13(18(24)26-2)3-4-14(12)20;1-18-12(16)10-2-3-11-9(8-10)4-5-14(11,17)13-15-6-7-19-13;1-14-11(13)8-2-4-9-7(6-8)3-5-10(9)12;1-4-2-5(7)9-6(8)3-4;1-5-2-3-8-6(7)4-5;1-2-5-3-4-1/h4-5,7,9-14,32H,6,8H2,1-3H3,(H,27,29,30);3-4,6,8-13,32H,5,7H2,1-2H3,(H,30,31)(H,26,28,29);3-4,7-10,25H,5-6H2,1-2H3,(H2,21,23);2-3,6-8,17H,4-5H2,1H3;2,4,6H,3,5H2,1H3;2-3H,1H3,(H2,8,9);2-4H,1H3;1-3H/t26-;25-;20-;14-;;;;/m1111..../s1. The SMILES string of the molecule is COC(=O)c1ccc2c(c1)CCC2=O.COC(=O)c1ccc2c(c1)CC[C@]2(O)c1ncc(-c2cc(C)cc(N)n2)s1.COC(=O)c1ccc2c(c1)CC[C@]2(O)c1ncc(-c2cc(C)cc(Nc3cc(C)ccn3)n2)s1.COC(=O)c1ccc2c(c1)CC[C@]2(O)c1nccs1.Cc1cc(N)nc(Br)c1.Cc1ccnc(Br)c1.Cc1ccnc(Nc2cc(C)cc(-c3cnc([C@@]4(O)CCc5cc(C(=O)O)ccc54)s3)n2)c1.c1cscn1. The molecule has 0 saturated heterocycles. The van der Waals surface area contributed by atoms with E-state index in [1.54, 1.807) is 151 Å². The number of nitrogens with zero attached hydrogens (tertiary/aromatic N) is 12. The molecule has 0 bridgehead atoms. The van der Waals surface area contributed by atoms with Crippen molar-refractivity contribution >= 4 is 159 Å². The second kappa shape index (κ2) is 48.1. The van der Waals surface area contributed by atoms with Crippen LogP contribution in [0, 0.1) is 48.5 Å². The molecule has 12 heterocycles. The number of carbonyl (C=O) groups excluding carboxylic acids is 5. The van der Waals surface area contributed by atoms with Crippen LogP contribution in [0.25, 0.3) is 31.7 Å². The number of nitrogens with two attached hydrogens (primary N) is 2. The second-order valence-corrected chi connectivity index (χ2v) is 42.0. The number of rotatable bonds is 16. The highest BCUT2D eigenvalue weighted by atomic mass is 79.9. The summed E-state index contributed by atoms with van der Waals surface area (Å²) in [4.78, 5) is 123. The fraction of sp³-hybridized carbons (Fsp3) is 0.225. The maximum absolute atomic E-state index is 11.9. The summed E-state index contributed by atoms with van der Waals surface area (Å²) >= 11 is 13.8. The number of benzene rings is 5. The van der Waals surface area contributed by atoms with Gasteiger partial charge in [0.15, 0.2) is 5.78 Å². The molecule has 12 aromatic heterocycles. The second-order valence-electron chi connectivity index (χ2n) is 35.6. The van der Waals surface area contributed by atoms with E-state index in [1.165, 1.54) is 85.4 Å². The molecule has 5 aliphatic carbocycles. The van der Waals surface area contributed by atoms with E-state index in [0.29, 0.717) is 117 Å². The Labute approximate surface area is 895 Å². The van der Waals surface area contributed by atoms with Crippen LogP contribution in [0.2, 0.25) is 0 Å². The van der Waals surface area contributed by atoms with E-state index >= 15 is 0 Å². The van der Waals surface area contributed by atoms with Gasteiger partial charge in [-0.15, -0.1) is 56.7 Å². The molecule has 4 atom stereocenters. The number of pyridine rings is 7. The van der Waals surface area contributed by atoms with Crippen LogP contribution in [0.3, 0.4) is 0 Å². The number of methoxy groups -OCH3 is 4. The smallest absolute Gasteiger partial charge is 0.337 e. The minimum atomic E-state index is -1.23. The van der Waals surface area contributed by atoms with E-state index in [2.05, 4.69) is 97.1 Å². The molecule has 0 amide bonds. The van der Waals surface area contributed by atoms with Gasteiger partial charge in [-0.2, -0.15) is 0 Å². The lowest BCUT2D eigenvalue weighted by atomic mass is 9.96. The lowest BCUT2D eigenvalue weighted by Crippen LogP contribution is -2.23. The number of aromatic carboxylic acids is 1. The maximum atomic E-state index is 11.9. The molecule has 11 N–H and O–H groups in total. The molecule has 149 heavy (non-hydrogen) atoms. The number of anilines is 6.